The van der Waals surface area contributed by atoms with Gasteiger partial charge in [0, 0.05) is 0 Å². The molecule has 0 aromatic heterocycles. The normalized spacial score (nSPS) is 11.4. The minimum Gasteiger partial charge on any atom is -0.466 e. The van der Waals surface area contributed by atoms with Gasteiger partial charge in [-0.1, -0.05) is 84.0 Å². The number of esters is 2. The molecule has 0 saturated carbocycles. The first kappa shape index (κ1) is 26.7. The summed E-state index contributed by atoms with van der Waals surface area (Å²) in [7, 11) is 0. The molecule has 7 heteroatoms. The van der Waals surface area contributed by atoms with Gasteiger partial charge >= 0.3 is 18.1 Å². The summed E-state index contributed by atoms with van der Waals surface area (Å²) in [5, 5.41) is 0. The molecule has 0 saturated heterocycles. The minimum atomic E-state index is -4.55. The molecular weight excluding hydrogens is 373 g/mol. The number of carbonyl (C=O) groups excluding carboxylic acids is 2. The summed E-state index contributed by atoms with van der Waals surface area (Å²) in [5.74, 6) is -1.63. The molecule has 0 spiro atoms. The number of carbonyl (C=O) groups is 2. The van der Waals surface area contributed by atoms with Crippen LogP contribution in [0.5, 0.6) is 0 Å². The first-order chi connectivity index (χ1) is 13.3. The topological polar surface area (TPSA) is 52.6 Å². The lowest BCUT2D eigenvalue weighted by atomic mass is 10.0. The number of ether oxygens (including phenoxy) is 2. The molecule has 0 unspecified atom stereocenters. The van der Waals surface area contributed by atoms with E-state index in [1.807, 2.05) is 0 Å². The molecule has 0 amide bonds. The van der Waals surface area contributed by atoms with Gasteiger partial charge in [-0.15, -0.1) is 0 Å². The molecule has 0 aliphatic heterocycles. The lowest BCUT2D eigenvalue weighted by molar-refractivity contribution is -0.186. The van der Waals surface area contributed by atoms with Crippen molar-refractivity contribution < 1.29 is 32.2 Å². The van der Waals surface area contributed by atoms with Crippen LogP contribution in [0.1, 0.15) is 103 Å². The molecule has 4 nitrogen and oxygen atoms in total. The van der Waals surface area contributed by atoms with Crippen molar-refractivity contribution in [2.75, 3.05) is 13.2 Å². The van der Waals surface area contributed by atoms with E-state index in [-0.39, 0.29) is 13.0 Å². The first-order valence-corrected chi connectivity index (χ1v) is 10.7. The summed E-state index contributed by atoms with van der Waals surface area (Å²) in [5.41, 5.74) is 0. The van der Waals surface area contributed by atoms with Gasteiger partial charge in [0.25, 0.3) is 0 Å². The molecule has 0 rings (SSSR count). The molecular formula is C21H37F3O4. The monoisotopic (exact) mass is 410 g/mol. The third-order valence-electron chi connectivity index (χ3n) is 4.44. The van der Waals surface area contributed by atoms with Crippen molar-refractivity contribution in [1.82, 2.24) is 0 Å². The molecule has 0 aromatic carbocycles. The van der Waals surface area contributed by atoms with Crippen molar-refractivity contribution in [3.8, 4) is 0 Å². The maximum absolute atomic E-state index is 11.9. The summed E-state index contributed by atoms with van der Waals surface area (Å²) in [4.78, 5) is 22.5. The Morgan fingerprint density at radius 2 is 1.04 bits per heavy atom. The van der Waals surface area contributed by atoms with Crippen LogP contribution in [0.25, 0.3) is 0 Å². The highest BCUT2D eigenvalue weighted by atomic mass is 19.4. The van der Waals surface area contributed by atoms with Crippen LogP contribution in [0.3, 0.4) is 0 Å². The van der Waals surface area contributed by atoms with Crippen LogP contribution in [0.15, 0.2) is 0 Å². The van der Waals surface area contributed by atoms with Crippen molar-refractivity contribution in [2.45, 2.75) is 109 Å². The van der Waals surface area contributed by atoms with Crippen molar-refractivity contribution >= 4 is 11.9 Å². The average molecular weight is 411 g/mol. The fourth-order valence-electron chi connectivity index (χ4n) is 2.82. The van der Waals surface area contributed by atoms with Gasteiger partial charge in [0.05, 0.1) is 19.4 Å². The Morgan fingerprint density at radius 1 is 0.643 bits per heavy atom. The second-order valence-electron chi connectivity index (χ2n) is 7.24. The highest BCUT2D eigenvalue weighted by Gasteiger charge is 2.29. The number of unbranched alkanes of at least 4 members (excludes halogenated alkanes) is 12. The van der Waals surface area contributed by atoms with Crippen LogP contribution in [0.2, 0.25) is 0 Å². The first-order valence-electron chi connectivity index (χ1n) is 10.7. The minimum absolute atomic E-state index is 0.255. The molecule has 0 N–H and O–H groups in total. The van der Waals surface area contributed by atoms with Crippen LogP contribution in [0.4, 0.5) is 13.2 Å². The summed E-state index contributed by atoms with van der Waals surface area (Å²) in [6.07, 6.45) is 10.7. The van der Waals surface area contributed by atoms with E-state index >= 15 is 0 Å². The van der Waals surface area contributed by atoms with Gasteiger partial charge in [-0.05, 0) is 6.42 Å². The van der Waals surface area contributed by atoms with Crippen molar-refractivity contribution in [1.29, 1.82) is 0 Å². The smallest absolute Gasteiger partial charge is 0.422 e. The van der Waals surface area contributed by atoms with Gasteiger partial charge in [-0.3, -0.25) is 9.59 Å². The number of halogens is 3. The molecule has 0 radical (unpaired) electrons. The third-order valence-corrected chi connectivity index (χ3v) is 4.44. The van der Waals surface area contributed by atoms with E-state index in [2.05, 4.69) is 11.7 Å². The Morgan fingerprint density at radius 3 is 1.46 bits per heavy atom. The summed E-state index contributed by atoms with van der Waals surface area (Å²) in [6.45, 7) is 0.891. The standard InChI is InChI=1S/C21H37F3O4/c1-2-3-4-5-6-7-8-9-10-11-12-13-14-17-27-19(25)15-16-20(26)28-18-21(22,23)24/h2-18H2,1H3. The third kappa shape index (κ3) is 21.0. The molecule has 0 aliphatic rings. The van der Waals surface area contributed by atoms with Crippen molar-refractivity contribution in [2.24, 2.45) is 0 Å². The fraction of sp³-hybridized carbons (Fsp3) is 0.905. The van der Waals surface area contributed by atoms with Crippen LogP contribution in [0, 0.1) is 0 Å². The summed E-state index contributed by atoms with van der Waals surface area (Å²) < 4.78 is 44.6. The molecule has 0 aromatic rings. The molecule has 0 heterocycles. The Balaban J connectivity index is 3.31. The summed E-state index contributed by atoms with van der Waals surface area (Å²) >= 11 is 0. The number of rotatable bonds is 18. The van der Waals surface area contributed by atoms with E-state index < -0.39 is 31.1 Å². The molecule has 28 heavy (non-hydrogen) atoms. The Bertz CT molecular complexity index is 398. The average Bonchev–Trinajstić information content (AvgIpc) is 2.64. The molecule has 0 atom stereocenters. The lowest BCUT2D eigenvalue weighted by Crippen LogP contribution is -2.20. The Kier molecular flexibility index (Phi) is 17.0. The van der Waals surface area contributed by atoms with Gasteiger partial charge in [-0.25, -0.2) is 0 Å². The molecule has 0 aliphatic carbocycles. The molecule has 0 fully saturated rings. The van der Waals surface area contributed by atoms with E-state index in [4.69, 9.17) is 4.74 Å². The van der Waals surface area contributed by atoms with Crippen LogP contribution < -0.4 is 0 Å². The zero-order valence-electron chi connectivity index (χ0n) is 17.3. The molecule has 166 valence electrons. The van der Waals surface area contributed by atoms with Crippen LogP contribution in [-0.2, 0) is 19.1 Å². The van der Waals surface area contributed by atoms with E-state index in [1.165, 1.54) is 64.2 Å². The highest BCUT2D eigenvalue weighted by Crippen LogP contribution is 2.15. The number of hydrogen-bond acceptors (Lipinski definition) is 4. The molecule has 0 bridgehead atoms. The quantitative estimate of drug-likeness (QED) is 0.191. The zero-order valence-corrected chi connectivity index (χ0v) is 17.3. The van der Waals surface area contributed by atoms with Gasteiger partial charge in [0.1, 0.15) is 0 Å². The van der Waals surface area contributed by atoms with E-state index in [0.29, 0.717) is 0 Å². The maximum Gasteiger partial charge on any atom is 0.422 e. The predicted molar refractivity (Wildman–Crippen MR) is 103 cm³/mol. The largest absolute Gasteiger partial charge is 0.466 e. The second-order valence-corrected chi connectivity index (χ2v) is 7.24. The second kappa shape index (κ2) is 17.8. The predicted octanol–water partition coefficient (Wildman–Crippen LogP) is 6.51. The zero-order chi connectivity index (χ0) is 21.1. The lowest BCUT2D eigenvalue weighted by Gasteiger charge is -2.08. The summed E-state index contributed by atoms with van der Waals surface area (Å²) in [6, 6.07) is 0. The van der Waals surface area contributed by atoms with Gasteiger partial charge in [0.15, 0.2) is 6.61 Å². The SMILES string of the molecule is CCCCCCCCCCCCCCCOC(=O)CCC(=O)OCC(F)(F)F. The van der Waals surface area contributed by atoms with Crippen molar-refractivity contribution in [3.05, 3.63) is 0 Å². The van der Waals surface area contributed by atoms with Gasteiger partial charge in [0.2, 0.25) is 0 Å². The van der Waals surface area contributed by atoms with Gasteiger partial charge < -0.3 is 9.47 Å². The number of hydrogen-bond donors (Lipinski definition) is 0. The highest BCUT2D eigenvalue weighted by molar-refractivity contribution is 5.77. The number of alkyl halides is 3. The van der Waals surface area contributed by atoms with Gasteiger partial charge in [-0.2, -0.15) is 13.2 Å². The van der Waals surface area contributed by atoms with Crippen LogP contribution >= 0.6 is 0 Å². The maximum atomic E-state index is 11.9. The Hall–Kier alpha value is -1.27. The fourth-order valence-corrected chi connectivity index (χ4v) is 2.82. The van der Waals surface area contributed by atoms with E-state index in [1.54, 1.807) is 0 Å². The van der Waals surface area contributed by atoms with E-state index in [9.17, 15) is 22.8 Å². The Labute approximate surface area is 167 Å². The van der Waals surface area contributed by atoms with E-state index in [0.717, 1.165) is 19.3 Å². The van der Waals surface area contributed by atoms with Crippen molar-refractivity contribution in [3.63, 3.8) is 0 Å². The van der Waals surface area contributed by atoms with Crippen LogP contribution in [-0.4, -0.2) is 31.3 Å².